The van der Waals surface area contributed by atoms with Crippen molar-refractivity contribution in [3.05, 3.63) is 83.4 Å². The lowest BCUT2D eigenvalue weighted by molar-refractivity contribution is -0.122. The van der Waals surface area contributed by atoms with Crippen LogP contribution in [0.15, 0.2) is 61.2 Å². The smallest absolute Gasteiger partial charge is 0.224 e. The monoisotopic (exact) mass is 346 g/mol. The molecule has 0 unspecified atom stereocenters. The number of carbonyl (C=O) groups excluding carboxylic acids is 1. The quantitative estimate of drug-likeness (QED) is 0.746. The summed E-state index contributed by atoms with van der Waals surface area (Å²) in [5.41, 5.74) is 4.83. The minimum atomic E-state index is 0.106. The maximum absolute atomic E-state index is 12.5. The fourth-order valence-corrected chi connectivity index (χ4v) is 3.49. The summed E-state index contributed by atoms with van der Waals surface area (Å²) >= 11 is 0. The van der Waals surface area contributed by atoms with Gasteiger partial charge in [0, 0.05) is 12.5 Å². The highest BCUT2D eigenvalue weighted by molar-refractivity contribution is 5.83. The van der Waals surface area contributed by atoms with Crippen LogP contribution in [0.1, 0.15) is 34.6 Å². The van der Waals surface area contributed by atoms with Gasteiger partial charge in [0.1, 0.15) is 12.7 Å². The van der Waals surface area contributed by atoms with Gasteiger partial charge in [0.15, 0.2) is 0 Å². The molecule has 1 N–H and O–H groups in total. The third-order valence-electron chi connectivity index (χ3n) is 4.98. The summed E-state index contributed by atoms with van der Waals surface area (Å²) < 4.78 is 1.79. The molecule has 2 atom stereocenters. The van der Waals surface area contributed by atoms with E-state index in [-0.39, 0.29) is 11.8 Å². The van der Waals surface area contributed by atoms with Crippen molar-refractivity contribution in [2.45, 2.75) is 32.4 Å². The van der Waals surface area contributed by atoms with Crippen molar-refractivity contribution in [2.75, 3.05) is 0 Å². The first kappa shape index (κ1) is 16.5. The number of nitrogens with one attached hydrogen (secondary N) is 1. The SMILES string of the molecule is Cc1ccccc1[C@H]1C[C@H]1C(=O)NCc1cccc(Cn2cncn2)c1. The number of aryl methyl sites for hydroxylation is 1. The molecule has 0 aliphatic heterocycles. The summed E-state index contributed by atoms with van der Waals surface area (Å²) in [7, 11) is 0. The van der Waals surface area contributed by atoms with Gasteiger partial charge < -0.3 is 5.32 Å². The molecule has 5 heteroatoms. The van der Waals surface area contributed by atoms with Crippen molar-refractivity contribution in [3.8, 4) is 0 Å². The minimum absolute atomic E-state index is 0.106. The molecule has 3 aromatic rings. The van der Waals surface area contributed by atoms with E-state index in [9.17, 15) is 4.79 Å². The average Bonchev–Trinajstić information content (AvgIpc) is 3.28. The molecular weight excluding hydrogens is 324 g/mol. The van der Waals surface area contributed by atoms with Crippen LogP contribution in [0.4, 0.5) is 0 Å². The second-order valence-electron chi connectivity index (χ2n) is 6.94. The highest BCUT2D eigenvalue weighted by atomic mass is 16.2. The fraction of sp³-hybridized carbons (Fsp3) is 0.286. The lowest BCUT2D eigenvalue weighted by atomic mass is 10.0. The van der Waals surface area contributed by atoms with Gasteiger partial charge in [-0.15, -0.1) is 0 Å². The lowest BCUT2D eigenvalue weighted by Crippen LogP contribution is -2.25. The van der Waals surface area contributed by atoms with Gasteiger partial charge in [0.25, 0.3) is 0 Å². The third-order valence-corrected chi connectivity index (χ3v) is 4.98. The second-order valence-corrected chi connectivity index (χ2v) is 6.94. The van der Waals surface area contributed by atoms with Crippen LogP contribution in [0, 0.1) is 12.8 Å². The molecule has 2 aromatic carbocycles. The van der Waals surface area contributed by atoms with E-state index in [1.165, 1.54) is 17.5 Å². The van der Waals surface area contributed by atoms with Crippen molar-refractivity contribution in [2.24, 2.45) is 5.92 Å². The number of carbonyl (C=O) groups is 1. The van der Waals surface area contributed by atoms with E-state index in [1.807, 2.05) is 18.2 Å². The van der Waals surface area contributed by atoms with Crippen molar-refractivity contribution in [3.63, 3.8) is 0 Å². The molecule has 132 valence electrons. The predicted molar refractivity (Wildman–Crippen MR) is 99.4 cm³/mol. The molecule has 1 aliphatic carbocycles. The molecule has 5 nitrogen and oxygen atoms in total. The molecule has 0 radical (unpaired) electrons. The molecule has 4 rings (SSSR count). The van der Waals surface area contributed by atoms with Crippen LogP contribution < -0.4 is 5.32 Å². The largest absolute Gasteiger partial charge is 0.352 e. The van der Waals surface area contributed by atoms with E-state index in [2.05, 4.69) is 52.7 Å². The van der Waals surface area contributed by atoms with Crippen molar-refractivity contribution in [1.82, 2.24) is 20.1 Å². The highest BCUT2D eigenvalue weighted by Crippen LogP contribution is 2.48. The number of aromatic nitrogens is 3. The van der Waals surface area contributed by atoms with Crippen LogP contribution in [0.25, 0.3) is 0 Å². The number of amides is 1. The minimum Gasteiger partial charge on any atom is -0.352 e. The van der Waals surface area contributed by atoms with Crippen molar-refractivity contribution < 1.29 is 4.79 Å². The van der Waals surface area contributed by atoms with Gasteiger partial charge in [-0.25, -0.2) is 9.67 Å². The van der Waals surface area contributed by atoms with Crippen LogP contribution in [-0.4, -0.2) is 20.7 Å². The topological polar surface area (TPSA) is 59.8 Å². The number of rotatable bonds is 6. The van der Waals surface area contributed by atoms with E-state index in [1.54, 1.807) is 11.0 Å². The normalized spacial score (nSPS) is 18.5. The first-order valence-corrected chi connectivity index (χ1v) is 8.94. The fourth-order valence-electron chi connectivity index (χ4n) is 3.49. The van der Waals surface area contributed by atoms with Crippen LogP contribution >= 0.6 is 0 Å². The van der Waals surface area contributed by atoms with Crippen molar-refractivity contribution in [1.29, 1.82) is 0 Å². The molecule has 26 heavy (non-hydrogen) atoms. The number of hydrogen-bond donors (Lipinski definition) is 1. The maximum atomic E-state index is 12.5. The lowest BCUT2D eigenvalue weighted by Gasteiger charge is -2.08. The van der Waals surface area contributed by atoms with Crippen LogP contribution in [0.3, 0.4) is 0 Å². The first-order chi connectivity index (χ1) is 12.7. The molecular formula is C21H22N4O. The van der Waals surface area contributed by atoms with E-state index in [0.29, 0.717) is 19.0 Å². The second kappa shape index (κ2) is 7.12. The van der Waals surface area contributed by atoms with E-state index in [0.717, 1.165) is 17.5 Å². The van der Waals surface area contributed by atoms with Gasteiger partial charge in [-0.3, -0.25) is 4.79 Å². The van der Waals surface area contributed by atoms with E-state index >= 15 is 0 Å². The number of nitrogens with zero attached hydrogens (tertiary/aromatic N) is 3. The summed E-state index contributed by atoms with van der Waals surface area (Å²) in [4.78, 5) is 16.4. The third kappa shape index (κ3) is 3.67. The average molecular weight is 346 g/mol. The van der Waals surface area contributed by atoms with Gasteiger partial charge in [0.05, 0.1) is 6.54 Å². The molecule has 1 fully saturated rings. The Morgan fingerprint density at radius 2 is 2.04 bits per heavy atom. The molecule has 0 bridgehead atoms. The molecule has 1 saturated carbocycles. The molecule has 1 aromatic heterocycles. The number of benzene rings is 2. The Bertz CT molecular complexity index is 904. The molecule has 1 aliphatic rings. The Labute approximate surface area is 153 Å². The zero-order valence-corrected chi connectivity index (χ0v) is 14.8. The molecule has 0 saturated heterocycles. The standard InChI is InChI=1S/C21H22N4O/c1-15-5-2-3-8-18(15)19-10-20(19)21(26)23-11-16-6-4-7-17(9-16)12-25-14-22-13-24-25/h2-9,13-14,19-20H,10-12H2,1H3,(H,23,26)/t19-,20-/m1/s1. The van der Waals surface area contributed by atoms with Gasteiger partial charge >= 0.3 is 0 Å². The van der Waals surface area contributed by atoms with Gasteiger partial charge in [-0.05, 0) is 41.5 Å². The zero-order valence-electron chi connectivity index (χ0n) is 14.8. The van der Waals surface area contributed by atoms with E-state index in [4.69, 9.17) is 0 Å². The van der Waals surface area contributed by atoms with Crippen LogP contribution in [0.2, 0.25) is 0 Å². The summed E-state index contributed by atoms with van der Waals surface area (Å²) in [5, 5.41) is 7.22. The van der Waals surface area contributed by atoms with Gasteiger partial charge in [-0.2, -0.15) is 5.10 Å². The predicted octanol–water partition coefficient (Wildman–Crippen LogP) is 3.05. The Balaban J connectivity index is 1.33. The van der Waals surface area contributed by atoms with E-state index < -0.39 is 0 Å². The molecule has 1 amide bonds. The Kier molecular flexibility index (Phi) is 4.52. The van der Waals surface area contributed by atoms with Gasteiger partial charge in [-0.1, -0.05) is 48.5 Å². The maximum Gasteiger partial charge on any atom is 0.224 e. The highest BCUT2D eigenvalue weighted by Gasteiger charge is 2.44. The van der Waals surface area contributed by atoms with Crippen LogP contribution in [-0.2, 0) is 17.9 Å². The summed E-state index contributed by atoms with van der Waals surface area (Å²) in [5.74, 6) is 0.629. The molecule has 0 spiro atoms. The van der Waals surface area contributed by atoms with Crippen molar-refractivity contribution >= 4 is 5.91 Å². The summed E-state index contributed by atoms with van der Waals surface area (Å²) in [6, 6.07) is 16.6. The Morgan fingerprint density at radius 3 is 2.85 bits per heavy atom. The summed E-state index contributed by atoms with van der Waals surface area (Å²) in [6.45, 7) is 3.35. The van der Waals surface area contributed by atoms with Gasteiger partial charge in [0.2, 0.25) is 5.91 Å². The molecule has 1 heterocycles. The first-order valence-electron chi connectivity index (χ1n) is 8.94. The summed E-state index contributed by atoms with van der Waals surface area (Å²) in [6.07, 6.45) is 4.18. The Morgan fingerprint density at radius 1 is 1.19 bits per heavy atom. The zero-order chi connectivity index (χ0) is 17.9. The number of hydrogen-bond acceptors (Lipinski definition) is 3. The Hall–Kier alpha value is -2.95. The van der Waals surface area contributed by atoms with Crippen LogP contribution in [0.5, 0.6) is 0 Å².